The van der Waals surface area contributed by atoms with Crippen molar-refractivity contribution < 1.29 is 4.74 Å². The fourth-order valence-electron chi connectivity index (χ4n) is 4.78. The van der Waals surface area contributed by atoms with E-state index >= 15 is 0 Å². The van der Waals surface area contributed by atoms with Crippen LogP contribution >= 0.6 is 0 Å². The lowest BCUT2D eigenvalue weighted by molar-refractivity contribution is 0.284. The lowest BCUT2D eigenvalue weighted by atomic mass is 9.86. The molecule has 1 aliphatic carbocycles. The molecule has 0 bridgehead atoms. The van der Waals surface area contributed by atoms with E-state index < -0.39 is 0 Å². The Bertz CT molecular complexity index is 1140. The monoisotopic (exact) mass is 419 g/mol. The highest BCUT2D eigenvalue weighted by Crippen LogP contribution is 2.38. The number of likely N-dealkylation sites (tertiary alicyclic amines) is 1. The van der Waals surface area contributed by atoms with Gasteiger partial charge in [-0.2, -0.15) is 0 Å². The third kappa shape index (κ3) is 4.32. The molecular weight excluding hydrogens is 390 g/mol. The molecule has 1 aliphatic heterocycles. The van der Waals surface area contributed by atoms with Gasteiger partial charge in [-0.1, -0.05) is 90.5 Å². The summed E-state index contributed by atoms with van der Waals surface area (Å²) in [6.07, 6.45) is 11.2. The van der Waals surface area contributed by atoms with E-state index in [0.29, 0.717) is 0 Å². The minimum absolute atomic E-state index is 0.903. The Labute approximate surface area is 191 Å². The van der Waals surface area contributed by atoms with Crippen LogP contribution < -0.4 is 4.74 Å². The lowest BCUT2D eigenvalue weighted by Crippen LogP contribution is -2.31. The number of ether oxygens (including phenoxy) is 1. The quantitative estimate of drug-likeness (QED) is 0.361. The molecule has 1 heterocycles. The summed E-state index contributed by atoms with van der Waals surface area (Å²) in [7, 11) is 1.71. The number of hydrogen-bond donors (Lipinski definition) is 0. The zero-order valence-electron chi connectivity index (χ0n) is 18.6. The first kappa shape index (κ1) is 20.5. The number of piperidine rings is 1. The van der Waals surface area contributed by atoms with Crippen LogP contribution in [0.15, 0.2) is 84.4 Å². The Hall–Kier alpha value is -3.36. The van der Waals surface area contributed by atoms with Crippen molar-refractivity contribution in [2.45, 2.75) is 12.8 Å². The summed E-state index contributed by atoms with van der Waals surface area (Å²) in [4.78, 5) is 2.55. The predicted molar refractivity (Wildman–Crippen MR) is 136 cm³/mol. The van der Waals surface area contributed by atoms with E-state index in [2.05, 4.69) is 89.9 Å². The van der Waals surface area contributed by atoms with Gasteiger partial charge in [0.2, 0.25) is 0 Å². The highest BCUT2D eigenvalue weighted by atomic mass is 16.5. The molecular formula is C30H29NO. The molecule has 0 saturated carbocycles. The first-order valence-electron chi connectivity index (χ1n) is 11.4. The molecule has 0 unspecified atom stereocenters. The largest absolute Gasteiger partial charge is 0.497 e. The summed E-state index contributed by atoms with van der Waals surface area (Å²) in [5, 5.41) is 0. The molecule has 1 saturated heterocycles. The van der Waals surface area contributed by atoms with Crippen molar-refractivity contribution >= 4 is 23.8 Å². The molecule has 160 valence electrons. The van der Waals surface area contributed by atoms with E-state index in [0.717, 1.165) is 38.2 Å². The van der Waals surface area contributed by atoms with Crippen LogP contribution in [0.2, 0.25) is 0 Å². The minimum Gasteiger partial charge on any atom is -0.497 e. The van der Waals surface area contributed by atoms with Crippen molar-refractivity contribution in [3.63, 3.8) is 0 Å². The number of benzene rings is 3. The molecule has 1 fully saturated rings. The zero-order valence-corrected chi connectivity index (χ0v) is 18.6. The van der Waals surface area contributed by atoms with Gasteiger partial charge in [-0.05, 0) is 58.4 Å². The zero-order chi connectivity index (χ0) is 21.8. The molecule has 3 aromatic carbocycles. The summed E-state index contributed by atoms with van der Waals surface area (Å²) in [5.41, 5.74) is 9.59. The molecule has 0 atom stereocenters. The summed E-state index contributed by atoms with van der Waals surface area (Å²) in [5.74, 6) is 0.903. The predicted octanol–water partition coefficient (Wildman–Crippen LogP) is 6.79. The fourth-order valence-corrected chi connectivity index (χ4v) is 4.78. The van der Waals surface area contributed by atoms with E-state index in [9.17, 15) is 0 Å². The minimum atomic E-state index is 0.903. The van der Waals surface area contributed by atoms with E-state index in [4.69, 9.17) is 4.74 Å². The van der Waals surface area contributed by atoms with E-state index in [-0.39, 0.29) is 0 Å². The Morgan fingerprint density at radius 2 is 1.47 bits per heavy atom. The Balaban J connectivity index is 1.35. The number of hydrogen-bond acceptors (Lipinski definition) is 2. The maximum Gasteiger partial charge on any atom is 0.119 e. The van der Waals surface area contributed by atoms with Gasteiger partial charge in [0.05, 0.1) is 7.11 Å². The Morgan fingerprint density at radius 3 is 2.12 bits per heavy atom. The van der Waals surface area contributed by atoms with Gasteiger partial charge < -0.3 is 4.74 Å². The number of fused-ring (bicyclic) bond motifs is 2. The highest BCUT2D eigenvalue weighted by Gasteiger charge is 2.21. The maximum atomic E-state index is 5.33. The SMILES string of the molecule is COc1cccc(C=CCN2CCC(=C3c4ccccc4C=Cc4ccccc43)CC2)c1. The van der Waals surface area contributed by atoms with Crippen molar-refractivity contribution in [2.24, 2.45) is 0 Å². The van der Waals surface area contributed by atoms with Gasteiger partial charge in [-0.3, -0.25) is 4.90 Å². The van der Waals surface area contributed by atoms with Crippen LogP contribution in [0.4, 0.5) is 0 Å². The summed E-state index contributed by atoms with van der Waals surface area (Å²) in [6, 6.07) is 25.9. The van der Waals surface area contributed by atoms with Crippen molar-refractivity contribution in [3.8, 4) is 5.75 Å². The van der Waals surface area contributed by atoms with Crippen molar-refractivity contribution in [1.29, 1.82) is 0 Å². The van der Waals surface area contributed by atoms with E-state index in [1.54, 1.807) is 12.7 Å². The van der Waals surface area contributed by atoms with Gasteiger partial charge in [-0.25, -0.2) is 0 Å². The average molecular weight is 420 g/mol. The Kier molecular flexibility index (Phi) is 6.04. The van der Waals surface area contributed by atoms with Crippen LogP contribution in [0.3, 0.4) is 0 Å². The first-order valence-corrected chi connectivity index (χ1v) is 11.4. The molecule has 0 amide bonds. The smallest absolute Gasteiger partial charge is 0.119 e. The maximum absolute atomic E-state index is 5.33. The van der Waals surface area contributed by atoms with E-state index in [1.165, 1.54) is 33.4 Å². The molecule has 5 rings (SSSR count). The van der Waals surface area contributed by atoms with Crippen molar-refractivity contribution in [3.05, 3.63) is 112 Å². The summed E-state index contributed by atoms with van der Waals surface area (Å²) >= 11 is 0. The topological polar surface area (TPSA) is 12.5 Å². The molecule has 32 heavy (non-hydrogen) atoms. The molecule has 0 aromatic heterocycles. The van der Waals surface area contributed by atoms with E-state index in [1.807, 2.05) is 12.1 Å². The number of methoxy groups -OCH3 is 1. The second-order valence-electron chi connectivity index (χ2n) is 8.47. The first-order chi connectivity index (χ1) is 15.8. The average Bonchev–Trinajstić information content (AvgIpc) is 3.02. The highest BCUT2D eigenvalue weighted by molar-refractivity contribution is 5.94. The summed E-state index contributed by atoms with van der Waals surface area (Å²) in [6.45, 7) is 3.17. The van der Waals surface area contributed by atoms with Crippen molar-refractivity contribution in [1.82, 2.24) is 4.90 Å². The van der Waals surface area contributed by atoms with Crippen LogP contribution in [0.1, 0.15) is 40.7 Å². The third-order valence-electron chi connectivity index (χ3n) is 6.48. The third-order valence-corrected chi connectivity index (χ3v) is 6.48. The molecule has 0 spiro atoms. The van der Waals surface area contributed by atoms with Crippen LogP contribution in [0, 0.1) is 0 Å². The van der Waals surface area contributed by atoms with Gasteiger partial charge in [-0.15, -0.1) is 0 Å². The molecule has 0 N–H and O–H groups in total. The molecule has 3 aromatic rings. The molecule has 2 aliphatic rings. The van der Waals surface area contributed by atoms with Gasteiger partial charge in [0, 0.05) is 19.6 Å². The number of nitrogens with zero attached hydrogens (tertiary/aromatic N) is 1. The normalized spacial score (nSPS) is 16.0. The fraction of sp³-hybridized carbons (Fsp3) is 0.200. The Morgan fingerprint density at radius 1 is 0.812 bits per heavy atom. The van der Waals surface area contributed by atoms with Gasteiger partial charge in [0.15, 0.2) is 0 Å². The van der Waals surface area contributed by atoms with Crippen LogP contribution in [0.25, 0.3) is 23.8 Å². The number of rotatable bonds is 4. The standard InChI is InChI=1S/C30H29NO/c1-32-27-12-6-8-23(22-27)9-7-19-31-20-17-26(18-21-31)30-28-13-4-2-10-24(28)15-16-25-11-3-5-14-29(25)30/h2-16,22H,17-21H2,1H3. The second-order valence-corrected chi connectivity index (χ2v) is 8.47. The van der Waals surface area contributed by atoms with Crippen molar-refractivity contribution in [2.75, 3.05) is 26.7 Å². The van der Waals surface area contributed by atoms with Gasteiger partial charge in [0.25, 0.3) is 0 Å². The van der Waals surface area contributed by atoms with Crippen LogP contribution in [0.5, 0.6) is 5.75 Å². The molecule has 2 nitrogen and oxygen atoms in total. The molecule has 2 heteroatoms. The lowest BCUT2D eigenvalue weighted by Gasteiger charge is -2.29. The van der Waals surface area contributed by atoms with Gasteiger partial charge in [0.1, 0.15) is 5.75 Å². The summed E-state index contributed by atoms with van der Waals surface area (Å²) < 4.78 is 5.33. The second kappa shape index (κ2) is 9.42. The van der Waals surface area contributed by atoms with Crippen LogP contribution in [-0.4, -0.2) is 31.6 Å². The van der Waals surface area contributed by atoms with Crippen LogP contribution in [-0.2, 0) is 0 Å². The molecule has 0 radical (unpaired) electrons. The van der Waals surface area contributed by atoms with Gasteiger partial charge >= 0.3 is 0 Å².